The topological polar surface area (TPSA) is 143 Å². The van der Waals surface area contributed by atoms with Crippen LogP contribution in [0, 0.1) is 10.1 Å². The highest BCUT2D eigenvalue weighted by molar-refractivity contribution is 7.88. The quantitative estimate of drug-likeness (QED) is 0.212. The summed E-state index contributed by atoms with van der Waals surface area (Å²) in [4.78, 5) is 12.6. The normalized spacial score (nSPS) is 13.3. The van der Waals surface area contributed by atoms with E-state index in [1.807, 2.05) is 0 Å². The molecule has 0 saturated heterocycles. The van der Waals surface area contributed by atoms with Crippen LogP contribution in [0.15, 0.2) is 24.3 Å². The number of nitrogens with zero attached hydrogens (tertiary/aromatic N) is 2. The number of fused-ring (bicyclic) bond motifs is 1. The molecule has 0 fully saturated rings. The van der Waals surface area contributed by atoms with Gasteiger partial charge in [-0.25, -0.2) is 4.98 Å². The first kappa shape index (κ1) is 22.4. The van der Waals surface area contributed by atoms with E-state index in [2.05, 4.69) is 13.4 Å². The predicted molar refractivity (Wildman–Crippen MR) is 79.6 cm³/mol. The Labute approximate surface area is 156 Å². The maximum atomic E-state index is 12.6. The van der Waals surface area contributed by atoms with E-state index in [0.717, 1.165) is 24.3 Å². The van der Waals surface area contributed by atoms with Crippen LogP contribution in [-0.2, 0) is 20.2 Å². The van der Waals surface area contributed by atoms with Gasteiger partial charge in [0.2, 0.25) is 5.75 Å². The Balaban J connectivity index is 2.88. The van der Waals surface area contributed by atoms with Gasteiger partial charge in [0, 0.05) is 0 Å². The summed E-state index contributed by atoms with van der Waals surface area (Å²) in [6, 6.07) is 3.80. The molecule has 2 aromatic rings. The van der Waals surface area contributed by atoms with Gasteiger partial charge in [-0.05, 0) is 12.1 Å². The third-order valence-electron chi connectivity index (χ3n) is 2.92. The molecule has 0 unspecified atom stereocenters. The first-order chi connectivity index (χ1) is 13.0. The molecule has 10 nitrogen and oxygen atoms in total. The van der Waals surface area contributed by atoms with Crippen LogP contribution in [0.1, 0.15) is 0 Å². The van der Waals surface area contributed by atoms with Gasteiger partial charge in [0.25, 0.3) is 0 Å². The second-order valence-electron chi connectivity index (χ2n) is 4.84. The molecule has 1 heterocycles. The van der Waals surface area contributed by atoms with Crippen molar-refractivity contribution >= 4 is 36.8 Å². The molecule has 0 spiro atoms. The third kappa shape index (κ3) is 4.26. The molecular weight excluding hydrogens is 466 g/mol. The third-order valence-corrected chi connectivity index (χ3v) is 4.82. The van der Waals surface area contributed by atoms with Crippen molar-refractivity contribution < 1.29 is 56.5 Å². The van der Waals surface area contributed by atoms with E-state index in [4.69, 9.17) is 0 Å². The molecule has 2 rings (SSSR count). The molecule has 1 aromatic heterocycles. The Morgan fingerprint density at radius 3 is 1.86 bits per heavy atom. The summed E-state index contributed by atoms with van der Waals surface area (Å²) in [5.74, 6) is -3.70. The molecule has 0 atom stereocenters. The SMILES string of the molecule is O=[N+]([O-])c1c(OS(=O)(=O)C(F)(F)F)nc2ccccc2c1OS(=O)(=O)C(F)(F)F. The zero-order valence-corrected chi connectivity index (χ0v) is 14.7. The van der Waals surface area contributed by atoms with Crippen molar-refractivity contribution in [3.63, 3.8) is 0 Å². The van der Waals surface area contributed by atoms with Crippen molar-refractivity contribution in [1.29, 1.82) is 0 Å². The molecule has 0 amide bonds. The lowest BCUT2D eigenvalue weighted by atomic mass is 10.2. The summed E-state index contributed by atoms with van der Waals surface area (Å²) in [6.07, 6.45) is 0. The minimum Gasteiger partial charge on any atom is -0.368 e. The molecule has 0 aliphatic heterocycles. The van der Waals surface area contributed by atoms with Gasteiger partial charge < -0.3 is 8.37 Å². The largest absolute Gasteiger partial charge is 0.534 e. The fourth-order valence-corrected chi connectivity index (χ4v) is 2.66. The van der Waals surface area contributed by atoms with Crippen molar-refractivity contribution in [3.8, 4) is 11.6 Å². The Bertz CT molecular complexity index is 1190. The highest BCUT2D eigenvalue weighted by atomic mass is 32.2. The smallest absolute Gasteiger partial charge is 0.368 e. The molecule has 0 aliphatic carbocycles. The molecule has 0 saturated carbocycles. The van der Waals surface area contributed by atoms with Crippen LogP contribution in [0.25, 0.3) is 10.9 Å². The van der Waals surface area contributed by atoms with Gasteiger partial charge in [-0.1, -0.05) is 12.1 Å². The molecule has 160 valence electrons. The van der Waals surface area contributed by atoms with E-state index in [9.17, 15) is 53.3 Å². The highest BCUT2D eigenvalue weighted by Gasteiger charge is 2.52. The van der Waals surface area contributed by atoms with E-state index < -0.39 is 64.4 Å². The standard InChI is InChI=1S/C11H4F6N2O8S2/c12-10(13,14)28(22,23)26-8-5-3-1-2-4-6(5)18-9(7(8)19(20)21)27-29(24,25)11(15,16)17/h1-4H. The van der Waals surface area contributed by atoms with Gasteiger partial charge in [-0.15, -0.1) is 0 Å². The number of halogens is 6. The summed E-state index contributed by atoms with van der Waals surface area (Å²) < 4.78 is 127. The first-order valence-electron chi connectivity index (χ1n) is 6.56. The Morgan fingerprint density at radius 1 is 0.897 bits per heavy atom. The number of para-hydroxylation sites is 1. The van der Waals surface area contributed by atoms with Gasteiger partial charge >= 0.3 is 42.8 Å². The number of nitro groups is 1. The zero-order chi connectivity index (χ0) is 22.4. The zero-order valence-electron chi connectivity index (χ0n) is 13.1. The van der Waals surface area contributed by atoms with Crippen LogP contribution < -0.4 is 8.37 Å². The number of aromatic nitrogens is 1. The molecule has 0 radical (unpaired) electrons. The lowest BCUT2D eigenvalue weighted by molar-refractivity contribution is -0.386. The number of rotatable bonds is 5. The van der Waals surface area contributed by atoms with Crippen molar-refractivity contribution in [2.24, 2.45) is 0 Å². The van der Waals surface area contributed by atoms with Gasteiger partial charge in [0.05, 0.1) is 15.8 Å². The highest BCUT2D eigenvalue weighted by Crippen LogP contribution is 2.44. The molecule has 29 heavy (non-hydrogen) atoms. The number of hydrogen-bond acceptors (Lipinski definition) is 9. The second-order valence-corrected chi connectivity index (χ2v) is 7.91. The summed E-state index contributed by atoms with van der Waals surface area (Å²) in [6.45, 7) is 0. The van der Waals surface area contributed by atoms with E-state index in [1.54, 1.807) is 0 Å². The van der Waals surface area contributed by atoms with Gasteiger partial charge in [-0.3, -0.25) is 10.1 Å². The minimum atomic E-state index is -6.56. The summed E-state index contributed by atoms with van der Waals surface area (Å²) in [5.41, 5.74) is -14.8. The number of benzene rings is 1. The first-order valence-corrected chi connectivity index (χ1v) is 9.38. The van der Waals surface area contributed by atoms with Crippen LogP contribution in [-0.4, -0.2) is 37.8 Å². The van der Waals surface area contributed by atoms with E-state index in [0.29, 0.717) is 0 Å². The van der Waals surface area contributed by atoms with Crippen LogP contribution in [0.5, 0.6) is 11.6 Å². The predicted octanol–water partition coefficient (Wildman–Crippen LogP) is 2.60. The number of pyridine rings is 1. The van der Waals surface area contributed by atoms with Crippen LogP contribution >= 0.6 is 0 Å². The Morgan fingerprint density at radius 2 is 1.38 bits per heavy atom. The maximum absolute atomic E-state index is 12.6. The lowest BCUT2D eigenvalue weighted by Crippen LogP contribution is -2.29. The monoisotopic (exact) mass is 470 g/mol. The fraction of sp³-hybridized carbons (Fsp3) is 0.182. The van der Waals surface area contributed by atoms with Gasteiger partial charge in [-0.2, -0.15) is 43.2 Å². The van der Waals surface area contributed by atoms with Gasteiger partial charge in [0.15, 0.2) is 0 Å². The summed E-state index contributed by atoms with van der Waals surface area (Å²) >= 11 is 0. The molecule has 0 bridgehead atoms. The molecule has 0 aliphatic rings. The molecular formula is C11H4F6N2O8S2. The Kier molecular flexibility index (Phi) is 5.30. The fourth-order valence-electron chi connectivity index (χ4n) is 1.76. The van der Waals surface area contributed by atoms with Crippen molar-refractivity contribution in [2.75, 3.05) is 0 Å². The van der Waals surface area contributed by atoms with Gasteiger partial charge in [0.1, 0.15) is 0 Å². The molecule has 0 N–H and O–H groups in total. The van der Waals surface area contributed by atoms with Crippen molar-refractivity contribution in [3.05, 3.63) is 34.4 Å². The lowest BCUT2D eigenvalue weighted by Gasteiger charge is -2.14. The number of alkyl halides is 6. The Hall–Kier alpha value is -2.89. The average Bonchev–Trinajstić information content (AvgIpc) is 2.51. The molecule has 18 heteroatoms. The van der Waals surface area contributed by atoms with E-state index in [1.165, 1.54) is 0 Å². The second kappa shape index (κ2) is 6.87. The summed E-state index contributed by atoms with van der Waals surface area (Å²) in [7, 11) is -13.1. The molecule has 1 aromatic carbocycles. The number of hydrogen-bond donors (Lipinski definition) is 0. The summed E-state index contributed by atoms with van der Waals surface area (Å²) in [5, 5.41) is 10.5. The van der Waals surface area contributed by atoms with E-state index in [-0.39, 0.29) is 0 Å². The average molecular weight is 470 g/mol. The minimum absolute atomic E-state index is 0.669. The van der Waals surface area contributed by atoms with Crippen LogP contribution in [0.2, 0.25) is 0 Å². The van der Waals surface area contributed by atoms with Crippen LogP contribution in [0.3, 0.4) is 0 Å². The maximum Gasteiger partial charge on any atom is 0.534 e. The van der Waals surface area contributed by atoms with Crippen molar-refractivity contribution in [1.82, 2.24) is 4.98 Å². The van der Waals surface area contributed by atoms with E-state index >= 15 is 0 Å². The van der Waals surface area contributed by atoms with Crippen molar-refractivity contribution in [2.45, 2.75) is 11.0 Å². The van der Waals surface area contributed by atoms with Crippen LogP contribution in [0.4, 0.5) is 32.0 Å².